The standard InChI is InChI=1S/C13H24ClN3S/c1-5-17-12(13(14)10(4)16-17)6-11(15)8-18-7-9(2)3/h9,11H,5-8,15H2,1-4H3. The van der Waals surface area contributed by atoms with E-state index in [4.69, 9.17) is 17.3 Å². The molecule has 1 unspecified atom stereocenters. The van der Waals surface area contributed by atoms with Crippen molar-refractivity contribution in [3.63, 3.8) is 0 Å². The summed E-state index contributed by atoms with van der Waals surface area (Å²) in [5, 5.41) is 5.19. The Morgan fingerprint density at radius 2 is 2.06 bits per heavy atom. The number of nitrogens with zero attached hydrogens (tertiary/aromatic N) is 2. The minimum Gasteiger partial charge on any atom is -0.327 e. The first-order chi connectivity index (χ1) is 8.45. The van der Waals surface area contributed by atoms with Crippen LogP contribution in [0, 0.1) is 12.8 Å². The van der Waals surface area contributed by atoms with Gasteiger partial charge in [-0.05, 0) is 25.5 Å². The molecule has 18 heavy (non-hydrogen) atoms. The van der Waals surface area contributed by atoms with Crippen LogP contribution >= 0.6 is 23.4 Å². The summed E-state index contributed by atoms with van der Waals surface area (Å²) in [4.78, 5) is 0. The number of hydrogen-bond donors (Lipinski definition) is 1. The number of halogens is 1. The van der Waals surface area contributed by atoms with Gasteiger partial charge in [-0.1, -0.05) is 25.4 Å². The van der Waals surface area contributed by atoms with Crippen LogP contribution in [0.2, 0.25) is 5.02 Å². The van der Waals surface area contributed by atoms with E-state index < -0.39 is 0 Å². The van der Waals surface area contributed by atoms with Crippen LogP contribution in [0.4, 0.5) is 0 Å². The maximum absolute atomic E-state index is 6.28. The molecule has 0 radical (unpaired) electrons. The van der Waals surface area contributed by atoms with E-state index in [0.29, 0.717) is 5.92 Å². The molecule has 1 rings (SSSR count). The largest absolute Gasteiger partial charge is 0.327 e. The van der Waals surface area contributed by atoms with Crippen molar-refractivity contribution in [3.8, 4) is 0 Å². The van der Waals surface area contributed by atoms with Crippen molar-refractivity contribution < 1.29 is 0 Å². The maximum atomic E-state index is 6.28. The van der Waals surface area contributed by atoms with Gasteiger partial charge < -0.3 is 5.73 Å². The molecule has 0 aliphatic carbocycles. The minimum atomic E-state index is 0.146. The molecule has 2 N–H and O–H groups in total. The highest BCUT2D eigenvalue weighted by Crippen LogP contribution is 2.22. The lowest BCUT2D eigenvalue weighted by molar-refractivity contribution is 0.594. The average molecular weight is 290 g/mol. The van der Waals surface area contributed by atoms with Gasteiger partial charge in [0.2, 0.25) is 0 Å². The summed E-state index contributed by atoms with van der Waals surface area (Å²) < 4.78 is 1.96. The summed E-state index contributed by atoms with van der Waals surface area (Å²) in [6.45, 7) is 9.31. The molecule has 1 heterocycles. The summed E-state index contributed by atoms with van der Waals surface area (Å²) in [6, 6.07) is 0.146. The molecular weight excluding hydrogens is 266 g/mol. The number of thioether (sulfide) groups is 1. The molecule has 0 aliphatic rings. The Morgan fingerprint density at radius 3 is 2.61 bits per heavy atom. The third-order valence-corrected chi connectivity index (χ3v) is 4.75. The zero-order valence-corrected chi connectivity index (χ0v) is 13.3. The normalized spacial score (nSPS) is 13.3. The molecular formula is C13H24ClN3S. The van der Waals surface area contributed by atoms with Crippen LogP contribution in [0.3, 0.4) is 0 Å². The molecule has 0 spiro atoms. The summed E-state index contributed by atoms with van der Waals surface area (Å²) in [5.74, 6) is 2.85. The number of aryl methyl sites for hydroxylation is 2. The highest BCUT2D eigenvalue weighted by atomic mass is 35.5. The Morgan fingerprint density at radius 1 is 1.39 bits per heavy atom. The van der Waals surface area contributed by atoms with Crippen LogP contribution in [-0.2, 0) is 13.0 Å². The van der Waals surface area contributed by atoms with Crippen molar-refractivity contribution >= 4 is 23.4 Å². The predicted octanol–water partition coefficient (Wildman–Crippen LogP) is 3.12. The Hall–Kier alpha value is -0.190. The second kappa shape index (κ2) is 7.41. The van der Waals surface area contributed by atoms with E-state index in [2.05, 4.69) is 25.9 Å². The Bertz CT molecular complexity index is 377. The second-order valence-corrected chi connectivity index (χ2v) is 6.51. The SMILES string of the molecule is CCn1nc(C)c(Cl)c1CC(N)CSCC(C)C. The van der Waals surface area contributed by atoms with Gasteiger partial charge in [0.1, 0.15) is 0 Å². The van der Waals surface area contributed by atoms with Gasteiger partial charge in [0.25, 0.3) is 0 Å². The highest BCUT2D eigenvalue weighted by molar-refractivity contribution is 7.99. The lowest BCUT2D eigenvalue weighted by Crippen LogP contribution is -2.27. The molecule has 0 fully saturated rings. The quantitative estimate of drug-likeness (QED) is 0.839. The molecule has 0 aliphatic heterocycles. The first-order valence-corrected chi connectivity index (χ1v) is 8.04. The average Bonchev–Trinajstić information content (AvgIpc) is 2.56. The van der Waals surface area contributed by atoms with Gasteiger partial charge in [-0.15, -0.1) is 0 Å². The summed E-state index contributed by atoms with van der Waals surface area (Å²) >= 11 is 8.19. The van der Waals surface area contributed by atoms with Crippen molar-refractivity contribution in [2.24, 2.45) is 11.7 Å². The van der Waals surface area contributed by atoms with Crippen molar-refractivity contribution in [1.29, 1.82) is 0 Å². The van der Waals surface area contributed by atoms with Gasteiger partial charge in [-0.3, -0.25) is 4.68 Å². The Balaban J connectivity index is 2.55. The van der Waals surface area contributed by atoms with Crippen LogP contribution < -0.4 is 5.73 Å². The zero-order chi connectivity index (χ0) is 13.7. The van der Waals surface area contributed by atoms with E-state index in [1.54, 1.807) is 0 Å². The molecule has 1 atom stereocenters. The van der Waals surface area contributed by atoms with Crippen molar-refractivity contribution in [3.05, 3.63) is 16.4 Å². The van der Waals surface area contributed by atoms with Crippen LogP contribution in [0.15, 0.2) is 0 Å². The molecule has 0 amide bonds. The molecule has 0 aromatic carbocycles. The lowest BCUT2D eigenvalue weighted by atomic mass is 10.2. The van der Waals surface area contributed by atoms with Crippen LogP contribution in [0.1, 0.15) is 32.2 Å². The summed E-state index contributed by atoms with van der Waals surface area (Å²) in [5.41, 5.74) is 8.15. The van der Waals surface area contributed by atoms with Gasteiger partial charge in [0, 0.05) is 24.8 Å². The minimum absolute atomic E-state index is 0.146. The molecule has 104 valence electrons. The molecule has 1 aromatic heterocycles. The fourth-order valence-corrected chi connectivity index (χ4v) is 3.07. The van der Waals surface area contributed by atoms with Gasteiger partial charge in [-0.2, -0.15) is 16.9 Å². The molecule has 5 heteroatoms. The molecule has 1 aromatic rings. The first-order valence-electron chi connectivity index (χ1n) is 6.50. The maximum Gasteiger partial charge on any atom is 0.0847 e. The monoisotopic (exact) mass is 289 g/mol. The fourth-order valence-electron chi connectivity index (χ4n) is 1.83. The van der Waals surface area contributed by atoms with Crippen LogP contribution in [0.5, 0.6) is 0 Å². The summed E-state index contributed by atoms with van der Waals surface area (Å²) in [6.07, 6.45) is 0.804. The lowest BCUT2D eigenvalue weighted by Gasteiger charge is -2.13. The van der Waals surface area contributed by atoms with Crippen molar-refractivity contribution in [1.82, 2.24) is 9.78 Å². The van der Waals surface area contributed by atoms with Gasteiger partial charge in [0.15, 0.2) is 0 Å². The first kappa shape index (κ1) is 15.9. The molecule has 0 bridgehead atoms. The van der Waals surface area contributed by atoms with E-state index in [9.17, 15) is 0 Å². The molecule has 0 saturated heterocycles. The van der Waals surface area contributed by atoms with Gasteiger partial charge in [0.05, 0.1) is 16.4 Å². The highest BCUT2D eigenvalue weighted by Gasteiger charge is 2.15. The molecule has 0 saturated carbocycles. The smallest absolute Gasteiger partial charge is 0.0847 e. The van der Waals surface area contributed by atoms with Crippen LogP contribution in [0.25, 0.3) is 0 Å². The number of hydrogen-bond acceptors (Lipinski definition) is 3. The number of nitrogens with two attached hydrogens (primary N) is 1. The third kappa shape index (κ3) is 4.48. The van der Waals surface area contributed by atoms with Gasteiger partial charge in [-0.25, -0.2) is 0 Å². The van der Waals surface area contributed by atoms with E-state index in [1.807, 2.05) is 23.4 Å². The van der Waals surface area contributed by atoms with E-state index >= 15 is 0 Å². The van der Waals surface area contributed by atoms with E-state index in [0.717, 1.165) is 40.9 Å². The second-order valence-electron chi connectivity index (χ2n) is 5.06. The van der Waals surface area contributed by atoms with Gasteiger partial charge >= 0.3 is 0 Å². The predicted molar refractivity (Wildman–Crippen MR) is 81.5 cm³/mol. The molecule has 3 nitrogen and oxygen atoms in total. The fraction of sp³-hybridized carbons (Fsp3) is 0.769. The van der Waals surface area contributed by atoms with E-state index in [-0.39, 0.29) is 6.04 Å². The Kier molecular flexibility index (Phi) is 6.53. The van der Waals surface area contributed by atoms with Crippen LogP contribution in [-0.4, -0.2) is 27.3 Å². The third-order valence-electron chi connectivity index (χ3n) is 2.69. The van der Waals surface area contributed by atoms with Crippen molar-refractivity contribution in [2.45, 2.75) is 46.7 Å². The Labute approximate surface area is 119 Å². The van der Waals surface area contributed by atoms with Crippen molar-refractivity contribution in [2.75, 3.05) is 11.5 Å². The zero-order valence-electron chi connectivity index (χ0n) is 11.7. The summed E-state index contributed by atoms with van der Waals surface area (Å²) in [7, 11) is 0. The topological polar surface area (TPSA) is 43.8 Å². The number of aromatic nitrogens is 2. The number of rotatable bonds is 7. The van der Waals surface area contributed by atoms with E-state index in [1.165, 1.54) is 0 Å².